The standard InChI is InChI=1S/C12H19IO/c13-5-4-12(14)11-7-10(8-11)6-9-2-1-3-9/h4-5,9-12,14H,1-3,6-8H2/t10-,11-,12?. The van der Waals surface area contributed by atoms with Crippen molar-refractivity contribution >= 4 is 22.6 Å². The van der Waals surface area contributed by atoms with Gasteiger partial charge in [0.2, 0.25) is 0 Å². The van der Waals surface area contributed by atoms with Gasteiger partial charge in [-0.05, 0) is 47.2 Å². The van der Waals surface area contributed by atoms with Gasteiger partial charge in [-0.25, -0.2) is 0 Å². The van der Waals surface area contributed by atoms with E-state index < -0.39 is 0 Å². The van der Waals surface area contributed by atoms with Gasteiger partial charge in [-0.2, -0.15) is 0 Å². The Kier molecular flexibility index (Phi) is 3.88. The van der Waals surface area contributed by atoms with Crippen molar-refractivity contribution in [2.75, 3.05) is 0 Å². The van der Waals surface area contributed by atoms with Crippen molar-refractivity contribution in [3.63, 3.8) is 0 Å². The average molecular weight is 306 g/mol. The van der Waals surface area contributed by atoms with Gasteiger partial charge in [0.05, 0.1) is 6.10 Å². The summed E-state index contributed by atoms with van der Waals surface area (Å²) in [6.45, 7) is 0. The molecular formula is C12H19IO. The summed E-state index contributed by atoms with van der Waals surface area (Å²) in [5.41, 5.74) is 0. The summed E-state index contributed by atoms with van der Waals surface area (Å²) in [5, 5.41) is 9.70. The topological polar surface area (TPSA) is 20.2 Å². The zero-order valence-corrected chi connectivity index (χ0v) is 10.7. The molecule has 80 valence electrons. The molecule has 2 fully saturated rings. The molecule has 2 aliphatic carbocycles. The molecule has 0 aromatic heterocycles. The summed E-state index contributed by atoms with van der Waals surface area (Å²) < 4.78 is 1.93. The maximum atomic E-state index is 9.70. The fourth-order valence-electron chi connectivity index (χ4n) is 2.69. The number of halogens is 1. The van der Waals surface area contributed by atoms with Crippen molar-refractivity contribution in [2.45, 2.75) is 44.6 Å². The van der Waals surface area contributed by atoms with Gasteiger partial charge in [-0.3, -0.25) is 0 Å². The lowest BCUT2D eigenvalue weighted by atomic mass is 9.66. The minimum Gasteiger partial charge on any atom is -0.389 e. The second-order valence-electron chi connectivity index (χ2n) is 4.94. The zero-order valence-electron chi connectivity index (χ0n) is 8.53. The first kappa shape index (κ1) is 10.9. The van der Waals surface area contributed by atoms with Crippen molar-refractivity contribution in [2.24, 2.45) is 17.8 Å². The van der Waals surface area contributed by atoms with E-state index in [4.69, 9.17) is 0 Å². The summed E-state index contributed by atoms with van der Waals surface area (Å²) >= 11 is 2.18. The summed E-state index contributed by atoms with van der Waals surface area (Å²) in [4.78, 5) is 0. The molecule has 2 rings (SSSR count). The molecule has 0 bridgehead atoms. The first-order valence-electron chi connectivity index (χ1n) is 5.74. The number of aliphatic hydroxyl groups excluding tert-OH is 1. The van der Waals surface area contributed by atoms with Crippen molar-refractivity contribution in [3.8, 4) is 0 Å². The van der Waals surface area contributed by atoms with Gasteiger partial charge >= 0.3 is 0 Å². The smallest absolute Gasteiger partial charge is 0.0756 e. The summed E-state index contributed by atoms with van der Waals surface area (Å²) in [5.74, 6) is 2.53. The average Bonchev–Trinajstić information content (AvgIpc) is 1.98. The molecule has 1 N–H and O–H groups in total. The van der Waals surface area contributed by atoms with E-state index in [2.05, 4.69) is 22.6 Å². The van der Waals surface area contributed by atoms with Crippen LogP contribution < -0.4 is 0 Å². The zero-order chi connectivity index (χ0) is 9.97. The Labute approximate surface area is 100 Å². The van der Waals surface area contributed by atoms with E-state index >= 15 is 0 Å². The normalized spacial score (nSPS) is 35.3. The first-order valence-corrected chi connectivity index (χ1v) is 6.99. The molecule has 2 saturated carbocycles. The van der Waals surface area contributed by atoms with Crippen LogP contribution in [0.25, 0.3) is 0 Å². The Morgan fingerprint density at radius 3 is 2.50 bits per heavy atom. The fourth-order valence-corrected chi connectivity index (χ4v) is 3.12. The number of hydrogen-bond donors (Lipinski definition) is 1. The van der Waals surface area contributed by atoms with Crippen molar-refractivity contribution in [1.82, 2.24) is 0 Å². The van der Waals surface area contributed by atoms with Gasteiger partial charge in [0.15, 0.2) is 0 Å². The van der Waals surface area contributed by atoms with Crippen LogP contribution in [0.4, 0.5) is 0 Å². The third kappa shape index (κ3) is 2.51. The van der Waals surface area contributed by atoms with Crippen molar-refractivity contribution in [1.29, 1.82) is 0 Å². The van der Waals surface area contributed by atoms with Crippen LogP contribution in [0.3, 0.4) is 0 Å². The van der Waals surface area contributed by atoms with E-state index in [1.807, 2.05) is 10.2 Å². The summed E-state index contributed by atoms with van der Waals surface area (Å²) in [7, 11) is 0. The van der Waals surface area contributed by atoms with E-state index in [0.717, 1.165) is 11.8 Å². The molecule has 0 aromatic rings. The molecule has 0 amide bonds. The van der Waals surface area contributed by atoms with Crippen LogP contribution in [0.1, 0.15) is 38.5 Å². The van der Waals surface area contributed by atoms with Crippen LogP contribution in [-0.4, -0.2) is 11.2 Å². The molecular weight excluding hydrogens is 287 g/mol. The lowest BCUT2D eigenvalue weighted by Gasteiger charge is -2.41. The maximum Gasteiger partial charge on any atom is 0.0756 e. The molecule has 0 aliphatic heterocycles. The highest BCUT2D eigenvalue weighted by atomic mass is 127. The van der Waals surface area contributed by atoms with E-state index in [1.54, 1.807) is 0 Å². The van der Waals surface area contributed by atoms with Gasteiger partial charge < -0.3 is 5.11 Å². The van der Waals surface area contributed by atoms with Gasteiger partial charge in [-0.1, -0.05) is 41.9 Å². The molecule has 0 saturated heterocycles. The lowest BCUT2D eigenvalue weighted by Crippen LogP contribution is -2.34. The predicted octanol–water partition coefficient (Wildman–Crippen LogP) is 3.51. The quantitative estimate of drug-likeness (QED) is 0.788. The molecule has 1 atom stereocenters. The molecule has 0 radical (unpaired) electrons. The predicted molar refractivity (Wildman–Crippen MR) is 67.3 cm³/mol. The van der Waals surface area contributed by atoms with E-state index in [-0.39, 0.29) is 6.10 Å². The molecule has 0 heterocycles. The Morgan fingerprint density at radius 2 is 2.00 bits per heavy atom. The van der Waals surface area contributed by atoms with Crippen LogP contribution >= 0.6 is 22.6 Å². The highest BCUT2D eigenvalue weighted by Crippen LogP contribution is 2.44. The molecule has 14 heavy (non-hydrogen) atoms. The second-order valence-corrected chi connectivity index (χ2v) is 5.66. The van der Waals surface area contributed by atoms with Crippen LogP contribution in [0.15, 0.2) is 10.2 Å². The number of aliphatic hydroxyl groups is 1. The SMILES string of the molecule is OC(C=CI)[C@H]1C[C@H](CC2CCC2)C1. The fraction of sp³-hybridized carbons (Fsp3) is 0.833. The van der Waals surface area contributed by atoms with Crippen LogP contribution in [0.5, 0.6) is 0 Å². The Bertz CT molecular complexity index is 204. The molecule has 2 heteroatoms. The third-order valence-electron chi connectivity index (χ3n) is 3.92. The monoisotopic (exact) mass is 306 g/mol. The van der Waals surface area contributed by atoms with Gasteiger partial charge in [0.1, 0.15) is 0 Å². The van der Waals surface area contributed by atoms with Crippen molar-refractivity contribution in [3.05, 3.63) is 10.2 Å². The van der Waals surface area contributed by atoms with Crippen molar-refractivity contribution < 1.29 is 5.11 Å². The molecule has 0 aromatic carbocycles. The Morgan fingerprint density at radius 1 is 1.29 bits per heavy atom. The first-order chi connectivity index (χ1) is 6.79. The lowest BCUT2D eigenvalue weighted by molar-refractivity contribution is 0.0409. The maximum absolute atomic E-state index is 9.70. The van der Waals surface area contributed by atoms with E-state index in [1.165, 1.54) is 38.5 Å². The Hall–Kier alpha value is 0.430. The number of hydrogen-bond acceptors (Lipinski definition) is 1. The highest BCUT2D eigenvalue weighted by Gasteiger charge is 2.35. The van der Waals surface area contributed by atoms with E-state index in [9.17, 15) is 5.11 Å². The van der Waals surface area contributed by atoms with Crippen LogP contribution in [0, 0.1) is 17.8 Å². The molecule has 0 spiro atoms. The molecule has 2 aliphatic rings. The molecule has 1 unspecified atom stereocenters. The van der Waals surface area contributed by atoms with E-state index in [0.29, 0.717) is 5.92 Å². The second kappa shape index (κ2) is 4.97. The number of rotatable bonds is 4. The Balaban J connectivity index is 1.63. The summed E-state index contributed by atoms with van der Waals surface area (Å²) in [6, 6.07) is 0. The van der Waals surface area contributed by atoms with Gasteiger partial charge in [-0.15, -0.1) is 0 Å². The minimum atomic E-state index is -0.176. The van der Waals surface area contributed by atoms with Crippen LogP contribution in [-0.2, 0) is 0 Å². The molecule has 1 nitrogen and oxygen atoms in total. The van der Waals surface area contributed by atoms with Gasteiger partial charge in [0, 0.05) is 0 Å². The highest BCUT2D eigenvalue weighted by molar-refractivity contribution is 14.1. The van der Waals surface area contributed by atoms with Crippen LogP contribution in [0.2, 0.25) is 0 Å². The van der Waals surface area contributed by atoms with Gasteiger partial charge in [0.25, 0.3) is 0 Å². The largest absolute Gasteiger partial charge is 0.389 e. The minimum absolute atomic E-state index is 0.176. The summed E-state index contributed by atoms with van der Waals surface area (Å²) in [6.07, 6.45) is 10.1. The third-order valence-corrected chi connectivity index (χ3v) is 4.33.